The van der Waals surface area contributed by atoms with E-state index in [1.807, 2.05) is 13.8 Å². The molecule has 0 unspecified atom stereocenters. The van der Waals surface area contributed by atoms with Gasteiger partial charge in [0.15, 0.2) is 5.78 Å². The van der Waals surface area contributed by atoms with Crippen molar-refractivity contribution < 1.29 is 9.53 Å². The van der Waals surface area contributed by atoms with Gasteiger partial charge in [-0.3, -0.25) is 9.69 Å². The molecule has 0 radical (unpaired) electrons. The Hall–Kier alpha value is -0.410. The van der Waals surface area contributed by atoms with Crippen LogP contribution in [0, 0.1) is 5.41 Å². The Bertz CT molecular complexity index is 189. The zero-order chi connectivity index (χ0) is 9.90. The van der Waals surface area contributed by atoms with Crippen molar-refractivity contribution in [1.29, 1.82) is 0 Å². The van der Waals surface area contributed by atoms with Gasteiger partial charge < -0.3 is 4.74 Å². The molecule has 13 heavy (non-hydrogen) atoms. The molecule has 0 aromatic carbocycles. The van der Waals surface area contributed by atoms with Gasteiger partial charge in [-0.15, -0.1) is 0 Å². The van der Waals surface area contributed by atoms with Crippen LogP contribution in [0.2, 0.25) is 0 Å². The number of ketones is 1. The first-order valence-corrected chi connectivity index (χ1v) is 4.81. The van der Waals surface area contributed by atoms with Crippen LogP contribution in [0.15, 0.2) is 0 Å². The van der Waals surface area contributed by atoms with Crippen molar-refractivity contribution in [3.05, 3.63) is 0 Å². The summed E-state index contributed by atoms with van der Waals surface area (Å²) >= 11 is 0. The molecule has 0 saturated carbocycles. The van der Waals surface area contributed by atoms with Gasteiger partial charge in [-0.1, -0.05) is 13.8 Å². The number of rotatable bonds is 3. The zero-order valence-electron chi connectivity index (χ0n) is 8.80. The van der Waals surface area contributed by atoms with E-state index in [4.69, 9.17) is 4.74 Å². The quantitative estimate of drug-likeness (QED) is 0.655. The molecule has 0 amide bonds. The van der Waals surface area contributed by atoms with Crippen molar-refractivity contribution >= 4 is 5.78 Å². The van der Waals surface area contributed by atoms with Gasteiger partial charge in [0.2, 0.25) is 0 Å². The maximum absolute atomic E-state index is 11.6. The van der Waals surface area contributed by atoms with E-state index in [1.165, 1.54) is 0 Å². The molecule has 0 aromatic rings. The number of likely N-dealkylation sites (tertiary alicyclic amines) is 1. The van der Waals surface area contributed by atoms with E-state index in [-0.39, 0.29) is 5.41 Å². The monoisotopic (exact) mass is 185 g/mol. The largest absolute Gasteiger partial charge is 0.383 e. The van der Waals surface area contributed by atoms with E-state index < -0.39 is 0 Å². The van der Waals surface area contributed by atoms with E-state index >= 15 is 0 Å². The Morgan fingerprint density at radius 3 is 2.77 bits per heavy atom. The van der Waals surface area contributed by atoms with Crippen LogP contribution in [0.5, 0.6) is 0 Å². The summed E-state index contributed by atoms with van der Waals surface area (Å²) in [6.45, 7) is 7.26. The number of Topliss-reactive ketones (excluding diaryl/α,β-unsaturated/α-hetero) is 1. The van der Waals surface area contributed by atoms with Crippen LogP contribution >= 0.6 is 0 Å². The fraction of sp³-hybridized carbons (Fsp3) is 0.900. The molecule has 3 nitrogen and oxygen atoms in total. The van der Waals surface area contributed by atoms with Gasteiger partial charge in [0, 0.05) is 19.1 Å². The van der Waals surface area contributed by atoms with E-state index in [0.29, 0.717) is 18.9 Å². The lowest BCUT2D eigenvalue weighted by molar-refractivity contribution is -0.132. The SMILES string of the molecule is COCCN1CCC(C)(C)C(=O)C1. The number of nitrogens with zero attached hydrogens (tertiary/aromatic N) is 1. The molecular weight excluding hydrogens is 166 g/mol. The van der Waals surface area contributed by atoms with Gasteiger partial charge in [-0.25, -0.2) is 0 Å². The second kappa shape index (κ2) is 4.20. The minimum atomic E-state index is -0.108. The Morgan fingerprint density at radius 1 is 1.54 bits per heavy atom. The second-order valence-corrected chi connectivity index (χ2v) is 4.33. The predicted molar refractivity (Wildman–Crippen MR) is 51.7 cm³/mol. The fourth-order valence-corrected chi connectivity index (χ4v) is 1.48. The molecule has 0 aromatic heterocycles. The van der Waals surface area contributed by atoms with Crippen molar-refractivity contribution in [3.8, 4) is 0 Å². The van der Waals surface area contributed by atoms with Crippen molar-refractivity contribution in [2.45, 2.75) is 20.3 Å². The Labute approximate surface area is 80.1 Å². The topological polar surface area (TPSA) is 29.5 Å². The van der Waals surface area contributed by atoms with Gasteiger partial charge >= 0.3 is 0 Å². The molecule has 1 aliphatic rings. The molecule has 1 heterocycles. The summed E-state index contributed by atoms with van der Waals surface area (Å²) < 4.78 is 4.98. The number of piperidine rings is 1. The van der Waals surface area contributed by atoms with Crippen molar-refractivity contribution in [2.24, 2.45) is 5.41 Å². The third-order valence-corrected chi connectivity index (χ3v) is 2.79. The van der Waals surface area contributed by atoms with E-state index in [1.54, 1.807) is 7.11 Å². The molecule has 1 rings (SSSR count). The minimum Gasteiger partial charge on any atom is -0.383 e. The smallest absolute Gasteiger partial charge is 0.152 e. The normalized spacial score (nSPS) is 23.5. The highest BCUT2D eigenvalue weighted by atomic mass is 16.5. The number of hydrogen-bond acceptors (Lipinski definition) is 3. The van der Waals surface area contributed by atoms with E-state index in [9.17, 15) is 4.79 Å². The number of hydrogen-bond donors (Lipinski definition) is 0. The molecule has 0 aliphatic carbocycles. The summed E-state index contributed by atoms with van der Waals surface area (Å²) in [4.78, 5) is 13.8. The Kier molecular flexibility index (Phi) is 3.45. The van der Waals surface area contributed by atoms with E-state index in [2.05, 4.69) is 4.90 Å². The summed E-state index contributed by atoms with van der Waals surface area (Å²) in [7, 11) is 1.69. The summed E-state index contributed by atoms with van der Waals surface area (Å²) in [6.07, 6.45) is 0.968. The highest BCUT2D eigenvalue weighted by molar-refractivity contribution is 5.86. The molecular formula is C10H19NO2. The standard InChI is InChI=1S/C10H19NO2/c1-10(2)4-5-11(6-7-13-3)8-9(10)12/h4-8H2,1-3H3. The zero-order valence-corrected chi connectivity index (χ0v) is 8.80. The molecule has 3 heteroatoms. The highest BCUT2D eigenvalue weighted by Gasteiger charge is 2.33. The van der Waals surface area contributed by atoms with Crippen molar-refractivity contribution in [1.82, 2.24) is 4.90 Å². The highest BCUT2D eigenvalue weighted by Crippen LogP contribution is 2.26. The minimum absolute atomic E-state index is 0.108. The van der Waals surface area contributed by atoms with Crippen molar-refractivity contribution in [2.75, 3.05) is 33.4 Å². The molecule has 1 aliphatic heterocycles. The van der Waals surface area contributed by atoms with Crippen LogP contribution in [0.3, 0.4) is 0 Å². The third kappa shape index (κ3) is 2.78. The van der Waals surface area contributed by atoms with Gasteiger partial charge in [0.1, 0.15) is 0 Å². The van der Waals surface area contributed by atoms with Crippen molar-refractivity contribution in [3.63, 3.8) is 0 Å². The number of ether oxygens (including phenoxy) is 1. The Morgan fingerprint density at radius 2 is 2.23 bits per heavy atom. The van der Waals surface area contributed by atoms with Gasteiger partial charge in [-0.2, -0.15) is 0 Å². The van der Waals surface area contributed by atoms with Crippen LogP contribution in [0.4, 0.5) is 0 Å². The van der Waals surface area contributed by atoms with E-state index in [0.717, 1.165) is 19.5 Å². The van der Waals surface area contributed by atoms with Crippen LogP contribution < -0.4 is 0 Å². The molecule has 0 atom stereocenters. The predicted octanol–water partition coefficient (Wildman–Crippen LogP) is 0.934. The first-order chi connectivity index (χ1) is 6.06. The maximum Gasteiger partial charge on any atom is 0.152 e. The molecule has 76 valence electrons. The summed E-state index contributed by atoms with van der Waals surface area (Å²) in [5.74, 6) is 0.356. The first kappa shape index (κ1) is 10.7. The summed E-state index contributed by atoms with van der Waals surface area (Å²) in [5.41, 5.74) is -0.108. The van der Waals surface area contributed by atoms with Crippen LogP contribution in [-0.2, 0) is 9.53 Å². The number of carbonyl (C=O) groups excluding carboxylic acids is 1. The molecule has 0 spiro atoms. The van der Waals surface area contributed by atoms with Crippen LogP contribution in [0.1, 0.15) is 20.3 Å². The third-order valence-electron chi connectivity index (χ3n) is 2.79. The molecule has 0 bridgehead atoms. The fourth-order valence-electron chi connectivity index (χ4n) is 1.48. The average molecular weight is 185 g/mol. The number of carbonyl (C=O) groups is 1. The Balaban J connectivity index is 2.37. The molecule has 0 N–H and O–H groups in total. The molecule has 1 saturated heterocycles. The summed E-state index contributed by atoms with van der Waals surface area (Å²) in [6, 6.07) is 0. The lowest BCUT2D eigenvalue weighted by Crippen LogP contribution is -2.46. The lowest BCUT2D eigenvalue weighted by Gasteiger charge is -2.35. The summed E-state index contributed by atoms with van der Waals surface area (Å²) in [5, 5.41) is 0. The lowest BCUT2D eigenvalue weighted by atomic mass is 9.81. The number of methoxy groups -OCH3 is 1. The maximum atomic E-state index is 11.6. The van der Waals surface area contributed by atoms with Crippen LogP contribution in [0.25, 0.3) is 0 Å². The average Bonchev–Trinajstić information content (AvgIpc) is 2.07. The second-order valence-electron chi connectivity index (χ2n) is 4.33. The first-order valence-electron chi connectivity index (χ1n) is 4.81. The van der Waals surface area contributed by atoms with Crippen LogP contribution in [-0.4, -0.2) is 44.0 Å². The van der Waals surface area contributed by atoms with Gasteiger partial charge in [0.05, 0.1) is 13.2 Å². The molecule has 1 fully saturated rings. The van der Waals surface area contributed by atoms with Gasteiger partial charge in [0.25, 0.3) is 0 Å². The van der Waals surface area contributed by atoms with Gasteiger partial charge in [-0.05, 0) is 13.0 Å².